The number of hydrogen-bond donors (Lipinski definition) is 1. The maximum absolute atomic E-state index is 5.52. The second-order valence-corrected chi connectivity index (χ2v) is 5.68. The Morgan fingerprint density at radius 2 is 2.15 bits per heavy atom. The first-order chi connectivity index (χ1) is 6.01. The van der Waals surface area contributed by atoms with E-state index in [2.05, 4.69) is 25.8 Å². The van der Waals surface area contributed by atoms with Crippen LogP contribution in [-0.2, 0) is 13.0 Å². The van der Waals surface area contributed by atoms with Crippen LogP contribution in [0.5, 0.6) is 0 Å². The van der Waals surface area contributed by atoms with Crippen molar-refractivity contribution in [3.63, 3.8) is 0 Å². The van der Waals surface area contributed by atoms with Gasteiger partial charge in [-0.2, -0.15) is 0 Å². The Labute approximate surface area is 84.2 Å². The summed E-state index contributed by atoms with van der Waals surface area (Å²) in [6.07, 6.45) is 4.15. The van der Waals surface area contributed by atoms with Crippen LogP contribution in [0, 0.1) is 5.41 Å². The summed E-state index contributed by atoms with van der Waals surface area (Å²) in [4.78, 5) is 5.51. The smallest absolute Gasteiger partial charge is 0.0928 e. The fraction of sp³-hybridized carbons (Fsp3) is 0.700. The molecule has 0 saturated carbocycles. The highest BCUT2D eigenvalue weighted by molar-refractivity contribution is 7.11. The van der Waals surface area contributed by atoms with Gasteiger partial charge in [-0.3, -0.25) is 0 Å². The molecule has 74 valence electrons. The molecule has 0 bridgehead atoms. The molecule has 2 N–H and O–H groups in total. The number of nitrogens with two attached hydrogens (primary N) is 1. The number of thiazole rings is 1. The molecule has 13 heavy (non-hydrogen) atoms. The molecule has 0 saturated heterocycles. The minimum Gasteiger partial charge on any atom is -0.326 e. The van der Waals surface area contributed by atoms with E-state index in [1.807, 2.05) is 6.20 Å². The summed E-state index contributed by atoms with van der Waals surface area (Å²) in [5, 5.41) is 1.22. The van der Waals surface area contributed by atoms with E-state index < -0.39 is 0 Å². The third kappa shape index (κ3) is 3.87. The van der Waals surface area contributed by atoms with Crippen LogP contribution in [0.15, 0.2) is 6.20 Å². The van der Waals surface area contributed by atoms with Crippen LogP contribution in [-0.4, -0.2) is 4.98 Å². The van der Waals surface area contributed by atoms with Crippen LogP contribution < -0.4 is 5.73 Å². The molecular formula is C10H18N2S. The van der Waals surface area contributed by atoms with Crippen LogP contribution in [0.25, 0.3) is 0 Å². The van der Waals surface area contributed by atoms with Gasteiger partial charge < -0.3 is 5.73 Å². The highest BCUT2D eigenvalue weighted by Gasteiger charge is 2.11. The van der Waals surface area contributed by atoms with Crippen molar-refractivity contribution in [2.24, 2.45) is 11.1 Å². The van der Waals surface area contributed by atoms with Crippen molar-refractivity contribution < 1.29 is 0 Å². The molecular weight excluding hydrogens is 180 g/mol. The molecule has 0 aliphatic heterocycles. The Morgan fingerprint density at radius 1 is 1.46 bits per heavy atom. The van der Waals surface area contributed by atoms with Gasteiger partial charge in [0.05, 0.1) is 5.01 Å². The quantitative estimate of drug-likeness (QED) is 0.810. The number of rotatable bonds is 3. The first-order valence-corrected chi connectivity index (χ1v) is 5.46. The molecule has 0 atom stereocenters. The van der Waals surface area contributed by atoms with Gasteiger partial charge in [0.15, 0.2) is 0 Å². The van der Waals surface area contributed by atoms with Crippen molar-refractivity contribution in [3.8, 4) is 0 Å². The molecule has 2 nitrogen and oxygen atoms in total. The lowest BCUT2D eigenvalue weighted by Crippen LogP contribution is -2.05. The fourth-order valence-electron chi connectivity index (χ4n) is 1.04. The van der Waals surface area contributed by atoms with Crippen LogP contribution in [0.4, 0.5) is 0 Å². The summed E-state index contributed by atoms with van der Waals surface area (Å²) >= 11 is 1.74. The molecule has 0 aliphatic rings. The first-order valence-electron chi connectivity index (χ1n) is 4.65. The monoisotopic (exact) mass is 198 g/mol. The second kappa shape index (κ2) is 4.20. The van der Waals surface area contributed by atoms with E-state index in [0.29, 0.717) is 12.0 Å². The van der Waals surface area contributed by atoms with Crippen molar-refractivity contribution in [2.75, 3.05) is 0 Å². The highest BCUT2D eigenvalue weighted by atomic mass is 32.1. The Balaban J connectivity index is 2.46. The topological polar surface area (TPSA) is 38.9 Å². The molecule has 1 aromatic heterocycles. The SMILES string of the molecule is CC(C)(C)CCc1ncc(CN)s1. The molecule has 0 aromatic carbocycles. The average Bonchev–Trinajstić information content (AvgIpc) is 2.47. The van der Waals surface area contributed by atoms with Crippen LogP contribution in [0.1, 0.15) is 37.1 Å². The summed E-state index contributed by atoms with van der Waals surface area (Å²) in [7, 11) is 0. The summed E-state index contributed by atoms with van der Waals surface area (Å²) in [6.45, 7) is 7.38. The Bertz CT molecular complexity index is 260. The molecule has 1 rings (SSSR count). The maximum Gasteiger partial charge on any atom is 0.0928 e. The summed E-state index contributed by atoms with van der Waals surface area (Å²) in [6, 6.07) is 0. The number of aromatic nitrogens is 1. The van der Waals surface area contributed by atoms with Gasteiger partial charge in [0.25, 0.3) is 0 Å². The molecule has 0 amide bonds. The molecule has 1 heterocycles. The van der Waals surface area contributed by atoms with E-state index in [1.54, 1.807) is 11.3 Å². The largest absolute Gasteiger partial charge is 0.326 e. The van der Waals surface area contributed by atoms with E-state index in [0.717, 1.165) is 6.42 Å². The predicted molar refractivity (Wildman–Crippen MR) is 57.8 cm³/mol. The van der Waals surface area contributed by atoms with E-state index in [1.165, 1.54) is 16.3 Å². The summed E-state index contributed by atoms with van der Waals surface area (Å²) < 4.78 is 0. The molecule has 1 aromatic rings. The minimum absolute atomic E-state index is 0.397. The Kier molecular flexibility index (Phi) is 3.45. The number of aryl methyl sites for hydroxylation is 1. The molecule has 0 radical (unpaired) electrons. The minimum atomic E-state index is 0.397. The van der Waals surface area contributed by atoms with Crippen molar-refractivity contribution in [1.29, 1.82) is 0 Å². The third-order valence-corrected chi connectivity index (χ3v) is 2.97. The van der Waals surface area contributed by atoms with Crippen LogP contribution >= 0.6 is 11.3 Å². The molecule has 3 heteroatoms. The standard InChI is InChI=1S/C10H18N2S/c1-10(2,3)5-4-9-12-7-8(6-11)13-9/h7H,4-6,11H2,1-3H3. The molecule has 0 fully saturated rings. The molecule has 0 aliphatic carbocycles. The maximum atomic E-state index is 5.52. The van der Waals surface area contributed by atoms with Gasteiger partial charge >= 0.3 is 0 Å². The summed E-state index contributed by atoms with van der Waals surface area (Å²) in [5.41, 5.74) is 5.91. The van der Waals surface area contributed by atoms with E-state index in [9.17, 15) is 0 Å². The van der Waals surface area contributed by atoms with E-state index in [4.69, 9.17) is 5.73 Å². The van der Waals surface area contributed by atoms with Gasteiger partial charge in [-0.25, -0.2) is 4.98 Å². The lowest BCUT2D eigenvalue weighted by Gasteiger charge is -2.16. The zero-order chi connectivity index (χ0) is 9.90. The van der Waals surface area contributed by atoms with Crippen LogP contribution in [0.2, 0.25) is 0 Å². The second-order valence-electron chi connectivity index (χ2n) is 4.49. The van der Waals surface area contributed by atoms with Crippen molar-refractivity contribution in [1.82, 2.24) is 4.98 Å². The molecule has 0 spiro atoms. The van der Waals surface area contributed by atoms with Crippen molar-refractivity contribution >= 4 is 11.3 Å². The van der Waals surface area contributed by atoms with Crippen LogP contribution in [0.3, 0.4) is 0 Å². The van der Waals surface area contributed by atoms with Gasteiger partial charge in [0.1, 0.15) is 0 Å². The lowest BCUT2D eigenvalue weighted by molar-refractivity contribution is 0.378. The molecule has 0 unspecified atom stereocenters. The van der Waals surface area contributed by atoms with Gasteiger partial charge in [-0.15, -0.1) is 11.3 Å². The average molecular weight is 198 g/mol. The first kappa shape index (κ1) is 10.7. The predicted octanol–water partition coefficient (Wildman–Crippen LogP) is 2.58. The third-order valence-electron chi connectivity index (χ3n) is 1.89. The van der Waals surface area contributed by atoms with Crippen molar-refractivity contribution in [3.05, 3.63) is 16.1 Å². The zero-order valence-electron chi connectivity index (χ0n) is 8.63. The van der Waals surface area contributed by atoms with Gasteiger partial charge in [0, 0.05) is 17.6 Å². The summed E-state index contributed by atoms with van der Waals surface area (Å²) in [5.74, 6) is 0. The highest BCUT2D eigenvalue weighted by Crippen LogP contribution is 2.23. The number of hydrogen-bond acceptors (Lipinski definition) is 3. The van der Waals surface area contributed by atoms with Gasteiger partial charge in [0.2, 0.25) is 0 Å². The Hall–Kier alpha value is -0.410. The number of nitrogens with zero attached hydrogens (tertiary/aromatic N) is 1. The fourth-order valence-corrected chi connectivity index (χ4v) is 1.84. The van der Waals surface area contributed by atoms with Crippen molar-refractivity contribution in [2.45, 2.75) is 40.2 Å². The van der Waals surface area contributed by atoms with Gasteiger partial charge in [-0.1, -0.05) is 20.8 Å². The van der Waals surface area contributed by atoms with E-state index in [-0.39, 0.29) is 0 Å². The zero-order valence-corrected chi connectivity index (χ0v) is 9.45. The van der Waals surface area contributed by atoms with Gasteiger partial charge in [-0.05, 0) is 18.3 Å². The van der Waals surface area contributed by atoms with E-state index >= 15 is 0 Å². The normalized spacial score (nSPS) is 12.0. The lowest BCUT2D eigenvalue weighted by atomic mass is 9.91. The Morgan fingerprint density at radius 3 is 2.62 bits per heavy atom.